The van der Waals surface area contributed by atoms with Crippen LogP contribution in [-0.2, 0) is 4.79 Å². The first-order valence-corrected chi connectivity index (χ1v) is 4.82. The summed E-state index contributed by atoms with van der Waals surface area (Å²) in [6.45, 7) is 1.86. The van der Waals surface area contributed by atoms with Crippen LogP contribution in [0.3, 0.4) is 0 Å². The molecule has 2 atom stereocenters. The maximum atomic E-state index is 12.7. The van der Waals surface area contributed by atoms with Crippen molar-refractivity contribution in [3.8, 4) is 0 Å². The smallest absolute Gasteiger partial charge is 0.321 e. The van der Waals surface area contributed by atoms with E-state index in [-0.39, 0.29) is 6.54 Å². The van der Waals surface area contributed by atoms with E-state index in [0.29, 0.717) is 13.0 Å². The number of alkyl halides is 2. The second-order valence-electron chi connectivity index (χ2n) is 3.24. The maximum Gasteiger partial charge on any atom is 0.324 e. The molecule has 1 saturated heterocycles. The molecule has 0 aromatic carbocycles. The number of imide groups is 1. The monoisotopic (exact) mass is 222 g/mol. The lowest BCUT2D eigenvalue weighted by molar-refractivity contribution is -0.119. The summed E-state index contributed by atoms with van der Waals surface area (Å²) in [6, 6.07) is -0.567. The van der Waals surface area contributed by atoms with E-state index in [9.17, 15) is 14.0 Å². The molecule has 14 heavy (non-hydrogen) atoms. The van der Waals surface area contributed by atoms with E-state index >= 15 is 0 Å². The molecule has 1 fully saturated rings. The minimum Gasteiger partial charge on any atom is -0.321 e. The van der Waals surface area contributed by atoms with Gasteiger partial charge in [-0.15, -0.1) is 11.6 Å². The Morgan fingerprint density at radius 3 is 2.71 bits per heavy atom. The number of rotatable bonds is 1. The summed E-state index contributed by atoms with van der Waals surface area (Å²) < 4.78 is 12.7. The van der Waals surface area contributed by atoms with Crippen molar-refractivity contribution in [1.82, 2.24) is 10.2 Å². The Morgan fingerprint density at radius 1 is 1.64 bits per heavy atom. The summed E-state index contributed by atoms with van der Waals surface area (Å²) in [5.41, 5.74) is 0. The fourth-order valence-corrected chi connectivity index (χ4v) is 1.24. The van der Waals surface area contributed by atoms with Crippen LogP contribution in [0.4, 0.5) is 9.18 Å². The molecule has 0 spiro atoms. The number of halogens is 2. The molecule has 0 saturated carbocycles. The average molecular weight is 223 g/mol. The normalized spacial score (nSPS) is 23.4. The SMILES string of the molecule is CC(Cl)C(=O)NC(=O)N1CCC(F)C1. The Balaban J connectivity index is 2.39. The van der Waals surface area contributed by atoms with E-state index < -0.39 is 23.5 Å². The van der Waals surface area contributed by atoms with Crippen molar-refractivity contribution < 1.29 is 14.0 Å². The van der Waals surface area contributed by atoms with Gasteiger partial charge in [0.05, 0.1) is 6.54 Å². The van der Waals surface area contributed by atoms with Crippen LogP contribution >= 0.6 is 11.6 Å². The second kappa shape index (κ2) is 4.59. The molecular weight excluding hydrogens is 211 g/mol. The van der Waals surface area contributed by atoms with E-state index in [1.165, 1.54) is 11.8 Å². The maximum absolute atomic E-state index is 12.7. The topological polar surface area (TPSA) is 49.4 Å². The minimum atomic E-state index is -0.982. The molecule has 1 aliphatic heterocycles. The van der Waals surface area contributed by atoms with Gasteiger partial charge in [-0.3, -0.25) is 10.1 Å². The number of nitrogens with one attached hydrogen (secondary N) is 1. The Bertz CT molecular complexity index is 247. The Morgan fingerprint density at radius 2 is 2.29 bits per heavy atom. The van der Waals surface area contributed by atoms with E-state index in [1.807, 2.05) is 0 Å². The number of urea groups is 1. The lowest BCUT2D eigenvalue weighted by Crippen LogP contribution is -2.44. The summed E-state index contributed by atoms with van der Waals surface area (Å²) in [5.74, 6) is -0.557. The van der Waals surface area contributed by atoms with Gasteiger partial charge in [0.1, 0.15) is 11.5 Å². The molecule has 1 aliphatic rings. The quantitative estimate of drug-likeness (QED) is 0.670. The molecule has 1 heterocycles. The zero-order valence-electron chi connectivity index (χ0n) is 7.80. The zero-order valence-corrected chi connectivity index (χ0v) is 8.55. The standard InChI is InChI=1S/C8H12ClFN2O2/c1-5(9)7(13)11-8(14)12-3-2-6(10)4-12/h5-6H,2-4H2,1H3,(H,11,13,14). The molecule has 4 nitrogen and oxygen atoms in total. The van der Waals surface area contributed by atoms with Crippen molar-refractivity contribution in [2.75, 3.05) is 13.1 Å². The third-order valence-corrected chi connectivity index (χ3v) is 2.21. The first-order chi connectivity index (χ1) is 6.50. The number of hydrogen-bond acceptors (Lipinski definition) is 2. The molecule has 0 aromatic rings. The third kappa shape index (κ3) is 2.83. The van der Waals surface area contributed by atoms with Gasteiger partial charge in [-0.25, -0.2) is 9.18 Å². The number of carbonyl (C=O) groups excluding carboxylic acids is 2. The molecular formula is C8H12ClFN2O2. The lowest BCUT2D eigenvalue weighted by Gasteiger charge is -2.15. The molecule has 3 amide bonds. The van der Waals surface area contributed by atoms with Crippen molar-refractivity contribution in [3.63, 3.8) is 0 Å². The Labute approximate surface area is 86.4 Å². The summed E-state index contributed by atoms with van der Waals surface area (Å²) in [5, 5.41) is 1.33. The van der Waals surface area contributed by atoms with Gasteiger partial charge in [-0.1, -0.05) is 0 Å². The number of likely N-dealkylation sites (tertiary alicyclic amines) is 1. The first-order valence-electron chi connectivity index (χ1n) is 4.38. The predicted octanol–water partition coefficient (Wildman–Crippen LogP) is 0.894. The molecule has 2 unspecified atom stereocenters. The third-order valence-electron chi connectivity index (χ3n) is 2.01. The van der Waals surface area contributed by atoms with Gasteiger partial charge in [0.2, 0.25) is 5.91 Å². The van der Waals surface area contributed by atoms with Gasteiger partial charge in [0.15, 0.2) is 0 Å². The van der Waals surface area contributed by atoms with Crippen LogP contribution in [0.15, 0.2) is 0 Å². The van der Waals surface area contributed by atoms with Gasteiger partial charge < -0.3 is 4.90 Å². The molecule has 1 rings (SSSR count). The number of amides is 3. The predicted molar refractivity (Wildman–Crippen MR) is 49.9 cm³/mol. The van der Waals surface area contributed by atoms with Crippen molar-refractivity contribution in [3.05, 3.63) is 0 Å². The van der Waals surface area contributed by atoms with Crippen molar-refractivity contribution >= 4 is 23.5 Å². The highest BCUT2D eigenvalue weighted by Crippen LogP contribution is 2.11. The second-order valence-corrected chi connectivity index (χ2v) is 3.90. The Hall–Kier alpha value is -0.840. The van der Waals surface area contributed by atoms with Crippen LogP contribution in [-0.4, -0.2) is 41.5 Å². The fraction of sp³-hybridized carbons (Fsp3) is 0.750. The zero-order chi connectivity index (χ0) is 10.7. The lowest BCUT2D eigenvalue weighted by atomic mass is 10.3. The molecule has 0 radical (unpaired) electrons. The van der Waals surface area contributed by atoms with Crippen LogP contribution in [0.25, 0.3) is 0 Å². The Kier molecular flexibility index (Phi) is 3.69. The van der Waals surface area contributed by atoms with Crippen molar-refractivity contribution in [1.29, 1.82) is 0 Å². The van der Waals surface area contributed by atoms with Crippen LogP contribution < -0.4 is 5.32 Å². The van der Waals surface area contributed by atoms with Crippen LogP contribution in [0.1, 0.15) is 13.3 Å². The van der Waals surface area contributed by atoms with E-state index in [2.05, 4.69) is 5.32 Å². The summed E-state index contributed by atoms with van der Waals surface area (Å²) in [6.07, 6.45) is -0.651. The van der Waals surface area contributed by atoms with E-state index in [1.54, 1.807) is 0 Å². The molecule has 0 aliphatic carbocycles. The number of nitrogens with zero attached hydrogens (tertiary/aromatic N) is 1. The van der Waals surface area contributed by atoms with Crippen molar-refractivity contribution in [2.45, 2.75) is 24.9 Å². The molecule has 6 heteroatoms. The largest absolute Gasteiger partial charge is 0.324 e. The molecule has 80 valence electrons. The number of carbonyl (C=O) groups is 2. The average Bonchev–Trinajstić information content (AvgIpc) is 2.51. The van der Waals surface area contributed by atoms with Crippen LogP contribution in [0, 0.1) is 0 Å². The van der Waals surface area contributed by atoms with E-state index in [4.69, 9.17) is 11.6 Å². The van der Waals surface area contributed by atoms with Gasteiger partial charge in [-0.05, 0) is 13.3 Å². The highest BCUT2D eigenvalue weighted by molar-refractivity contribution is 6.31. The van der Waals surface area contributed by atoms with Crippen LogP contribution in [0.5, 0.6) is 0 Å². The molecule has 1 N–H and O–H groups in total. The van der Waals surface area contributed by atoms with Gasteiger partial charge in [-0.2, -0.15) is 0 Å². The highest BCUT2D eigenvalue weighted by Gasteiger charge is 2.27. The van der Waals surface area contributed by atoms with Gasteiger partial charge in [0, 0.05) is 6.54 Å². The number of hydrogen-bond donors (Lipinski definition) is 1. The van der Waals surface area contributed by atoms with Crippen LogP contribution in [0.2, 0.25) is 0 Å². The van der Waals surface area contributed by atoms with E-state index in [0.717, 1.165) is 0 Å². The fourth-order valence-electron chi connectivity index (χ4n) is 1.19. The first kappa shape index (κ1) is 11.2. The highest BCUT2D eigenvalue weighted by atomic mass is 35.5. The molecule has 0 bridgehead atoms. The molecule has 0 aromatic heterocycles. The summed E-state index contributed by atoms with van der Waals surface area (Å²) >= 11 is 5.45. The minimum absolute atomic E-state index is 0.0514. The summed E-state index contributed by atoms with van der Waals surface area (Å²) in [4.78, 5) is 23.5. The van der Waals surface area contributed by atoms with Gasteiger partial charge in [0.25, 0.3) is 0 Å². The van der Waals surface area contributed by atoms with Gasteiger partial charge >= 0.3 is 6.03 Å². The summed E-state index contributed by atoms with van der Waals surface area (Å²) in [7, 11) is 0. The van der Waals surface area contributed by atoms with Crippen molar-refractivity contribution in [2.24, 2.45) is 0 Å².